The van der Waals surface area contributed by atoms with Gasteiger partial charge in [-0.15, -0.1) is 0 Å². The second-order valence-electron chi connectivity index (χ2n) is 8.78. The first kappa shape index (κ1) is 25.5. The van der Waals surface area contributed by atoms with Crippen molar-refractivity contribution in [1.29, 1.82) is 0 Å². The van der Waals surface area contributed by atoms with Crippen LogP contribution in [0.2, 0.25) is 5.02 Å². The van der Waals surface area contributed by atoms with Gasteiger partial charge in [0.1, 0.15) is 6.04 Å². The average Bonchev–Trinajstić information content (AvgIpc) is 2.83. The molecule has 1 N–H and O–H groups in total. The van der Waals surface area contributed by atoms with Crippen molar-refractivity contribution in [3.05, 3.63) is 106 Å². The molecule has 0 spiro atoms. The number of carbonyl (C=O) groups is 2. The van der Waals surface area contributed by atoms with Crippen LogP contribution in [0.25, 0.3) is 0 Å². The molecule has 0 saturated carbocycles. The highest BCUT2D eigenvalue weighted by atomic mass is 35.5. The SMILES string of the molecule is CC[C@@H](C)NC(=O)[C@H](Cc1ccccc1)N(Cc1cccc(Cl)c1)C(=O)Cc1ccccc1C. The van der Waals surface area contributed by atoms with Crippen molar-refractivity contribution in [3.8, 4) is 0 Å². The first-order valence-electron chi connectivity index (χ1n) is 11.8. The van der Waals surface area contributed by atoms with Crippen LogP contribution in [0.15, 0.2) is 78.9 Å². The number of aryl methyl sites for hydroxylation is 1. The lowest BCUT2D eigenvalue weighted by Gasteiger charge is -2.32. The number of carbonyl (C=O) groups excluding carboxylic acids is 2. The van der Waals surface area contributed by atoms with E-state index in [9.17, 15) is 9.59 Å². The molecule has 0 bridgehead atoms. The molecule has 5 heteroatoms. The zero-order chi connectivity index (χ0) is 24.5. The van der Waals surface area contributed by atoms with Crippen LogP contribution in [0, 0.1) is 6.92 Å². The van der Waals surface area contributed by atoms with E-state index in [1.54, 1.807) is 4.90 Å². The number of benzene rings is 3. The molecule has 34 heavy (non-hydrogen) atoms. The largest absolute Gasteiger partial charge is 0.352 e. The molecular formula is C29H33ClN2O2. The average molecular weight is 477 g/mol. The summed E-state index contributed by atoms with van der Waals surface area (Å²) in [6, 6.07) is 24.5. The molecule has 178 valence electrons. The quantitative estimate of drug-likeness (QED) is 0.405. The van der Waals surface area contributed by atoms with Crippen molar-refractivity contribution in [1.82, 2.24) is 10.2 Å². The van der Waals surface area contributed by atoms with Gasteiger partial charge in [-0.2, -0.15) is 0 Å². The molecular weight excluding hydrogens is 444 g/mol. The van der Waals surface area contributed by atoms with E-state index in [-0.39, 0.29) is 24.3 Å². The Morgan fingerprint density at radius 1 is 0.941 bits per heavy atom. The zero-order valence-corrected chi connectivity index (χ0v) is 20.9. The van der Waals surface area contributed by atoms with Crippen molar-refractivity contribution < 1.29 is 9.59 Å². The number of halogens is 1. The summed E-state index contributed by atoms with van der Waals surface area (Å²) in [7, 11) is 0. The van der Waals surface area contributed by atoms with E-state index < -0.39 is 6.04 Å². The maximum absolute atomic E-state index is 13.8. The number of amides is 2. The minimum Gasteiger partial charge on any atom is -0.352 e. The Hall–Kier alpha value is -3.11. The van der Waals surface area contributed by atoms with Crippen molar-refractivity contribution in [2.45, 2.75) is 58.7 Å². The molecule has 0 aliphatic carbocycles. The molecule has 0 aliphatic rings. The third-order valence-electron chi connectivity index (χ3n) is 6.12. The fourth-order valence-electron chi connectivity index (χ4n) is 3.90. The maximum Gasteiger partial charge on any atom is 0.243 e. The van der Waals surface area contributed by atoms with Gasteiger partial charge in [0.2, 0.25) is 11.8 Å². The van der Waals surface area contributed by atoms with E-state index in [0.717, 1.165) is 28.7 Å². The Morgan fingerprint density at radius 3 is 2.29 bits per heavy atom. The molecule has 3 rings (SSSR count). The Labute approximate surface area is 207 Å². The smallest absolute Gasteiger partial charge is 0.243 e. The Bertz CT molecular complexity index is 1100. The number of rotatable bonds is 10. The first-order valence-corrected chi connectivity index (χ1v) is 12.2. The van der Waals surface area contributed by atoms with Crippen LogP contribution < -0.4 is 5.32 Å². The molecule has 3 aromatic carbocycles. The summed E-state index contributed by atoms with van der Waals surface area (Å²) < 4.78 is 0. The van der Waals surface area contributed by atoms with Gasteiger partial charge in [0.15, 0.2) is 0 Å². The van der Waals surface area contributed by atoms with Gasteiger partial charge >= 0.3 is 0 Å². The van der Waals surface area contributed by atoms with E-state index >= 15 is 0 Å². The predicted octanol–water partition coefficient (Wildman–Crippen LogP) is 5.75. The van der Waals surface area contributed by atoms with Gasteiger partial charge in [0.05, 0.1) is 6.42 Å². The molecule has 0 saturated heterocycles. The lowest BCUT2D eigenvalue weighted by Crippen LogP contribution is -2.52. The highest BCUT2D eigenvalue weighted by Gasteiger charge is 2.31. The summed E-state index contributed by atoms with van der Waals surface area (Å²) in [4.78, 5) is 29.0. The van der Waals surface area contributed by atoms with E-state index in [1.807, 2.05) is 99.6 Å². The number of hydrogen-bond donors (Lipinski definition) is 1. The van der Waals surface area contributed by atoms with Gasteiger partial charge in [0, 0.05) is 24.0 Å². The molecule has 0 unspecified atom stereocenters. The minimum atomic E-state index is -0.646. The normalized spacial score (nSPS) is 12.6. The van der Waals surface area contributed by atoms with Crippen LogP contribution in [-0.4, -0.2) is 28.8 Å². The summed E-state index contributed by atoms with van der Waals surface area (Å²) in [6.07, 6.45) is 1.48. The Kier molecular flexibility index (Phi) is 9.29. The van der Waals surface area contributed by atoms with Gasteiger partial charge in [-0.05, 0) is 54.7 Å². The fourth-order valence-corrected chi connectivity index (χ4v) is 4.11. The van der Waals surface area contributed by atoms with Crippen molar-refractivity contribution in [3.63, 3.8) is 0 Å². The number of hydrogen-bond acceptors (Lipinski definition) is 2. The van der Waals surface area contributed by atoms with Gasteiger partial charge in [-0.3, -0.25) is 9.59 Å². The van der Waals surface area contributed by atoms with E-state index in [4.69, 9.17) is 11.6 Å². The third kappa shape index (κ3) is 7.19. The number of nitrogens with one attached hydrogen (secondary N) is 1. The first-order chi connectivity index (χ1) is 16.4. The molecule has 2 atom stereocenters. The molecule has 0 aromatic heterocycles. The van der Waals surface area contributed by atoms with Gasteiger partial charge in [-0.1, -0.05) is 85.3 Å². The van der Waals surface area contributed by atoms with E-state index in [1.165, 1.54) is 0 Å². The maximum atomic E-state index is 13.8. The van der Waals surface area contributed by atoms with E-state index in [2.05, 4.69) is 5.32 Å². The summed E-state index contributed by atoms with van der Waals surface area (Å²) in [6.45, 7) is 6.32. The van der Waals surface area contributed by atoms with Crippen LogP contribution in [0.3, 0.4) is 0 Å². The van der Waals surface area contributed by atoms with Gasteiger partial charge < -0.3 is 10.2 Å². The van der Waals surface area contributed by atoms with Crippen molar-refractivity contribution in [2.24, 2.45) is 0 Å². The summed E-state index contributed by atoms with van der Waals surface area (Å²) >= 11 is 6.24. The van der Waals surface area contributed by atoms with Gasteiger partial charge in [-0.25, -0.2) is 0 Å². The summed E-state index contributed by atoms with van der Waals surface area (Å²) in [5.41, 5.74) is 3.92. The van der Waals surface area contributed by atoms with Crippen LogP contribution in [0.4, 0.5) is 0 Å². The number of nitrogens with zero attached hydrogens (tertiary/aromatic N) is 1. The van der Waals surface area contributed by atoms with Crippen molar-refractivity contribution in [2.75, 3.05) is 0 Å². The van der Waals surface area contributed by atoms with Crippen LogP contribution in [0.1, 0.15) is 42.5 Å². The van der Waals surface area contributed by atoms with Crippen LogP contribution in [-0.2, 0) is 29.0 Å². The molecule has 0 heterocycles. The molecule has 0 radical (unpaired) electrons. The Balaban J connectivity index is 1.98. The molecule has 4 nitrogen and oxygen atoms in total. The molecule has 3 aromatic rings. The van der Waals surface area contributed by atoms with Gasteiger partial charge in [0.25, 0.3) is 0 Å². The van der Waals surface area contributed by atoms with Crippen LogP contribution in [0.5, 0.6) is 0 Å². The van der Waals surface area contributed by atoms with Crippen molar-refractivity contribution >= 4 is 23.4 Å². The second-order valence-corrected chi connectivity index (χ2v) is 9.21. The summed E-state index contributed by atoms with van der Waals surface area (Å²) in [5, 5.41) is 3.70. The molecule has 0 aliphatic heterocycles. The standard InChI is InChI=1S/C29H33ClN2O2/c1-4-22(3)31-29(34)27(18-23-12-6-5-7-13-23)32(20-24-14-10-16-26(30)17-24)28(33)19-25-15-9-8-11-21(25)2/h5-17,22,27H,4,18-20H2,1-3H3,(H,31,34)/t22-,27+/m1/s1. The second kappa shape index (κ2) is 12.4. The Morgan fingerprint density at radius 2 is 1.62 bits per heavy atom. The van der Waals surface area contributed by atoms with E-state index in [0.29, 0.717) is 18.0 Å². The molecule has 2 amide bonds. The fraction of sp³-hybridized carbons (Fsp3) is 0.310. The highest BCUT2D eigenvalue weighted by Crippen LogP contribution is 2.19. The monoisotopic (exact) mass is 476 g/mol. The minimum absolute atomic E-state index is 0.0188. The van der Waals surface area contributed by atoms with Crippen LogP contribution >= 0.6 is 11.6 Å². The zero-order valence-electron chi connectivity index (χ0n) is 20.1. The molecule has 0 fully saturated rings. The topological polar surface area (TPSA) is 49.4 Å². The third-order valence-corrected chi connectivity index (χ3v) is 6.35. The lowest BCUT2D eigenvalue weighted by atomic mass is 10.00. The summed E-state index contributed by atoms with van der Waals surface area (Å²) in [5.74, 6) is -0.229. The lowest BCUT2D eigenvalue weighted by molar-refractivity contribution is -0.141. The predicted molar refractivity (Wildman–Crippen MR) is 139 cm³/mol. The highest BCUT2D eigenvalue weighted by molar-refractivity contribution is 6.30.